The van der Waals surface area contributed by atoms with Crippen molar-refractivity contribution in [1.82, 2.24) is 92.5 Å². The van der Waals surface area contributed by atoms with Crippen molar-refractivity contribution in [2.75, 3.05) is 124 Å². The van der Waals surface area contributed by atoms with Gasteiger partial charge in [-0.05, 0) is 125 Å². The molecule has 133 heavy (non-hydrogen) atoms. The number of benzene rings is 3. The lowest BCUT2D eigenvalue weighted by molar-refractivity contribution is -0.140. The molecule has 3 aliphatic rings. The van der Waals surface area contributed by atoms with Gasteiger partial charge in [-0.25, -0.2) is 4.98 Å². The van der Waals surface area contributed by atoms with E-state index in [0.29, 0.717) is 53.9 Å². The summed E-state index contributed by atoms with van der Waals surface area (Å²) in [6.07, 6.45) is -15.1. The van der Waals surface area contributed by atoms with E-state index in [9.17, 15) is 130 Å². The molecule has 0 aliphatic carbocycles. The molecule has 7 rings (SSSR count). The van der Waals surface area contributed by atoms with E-state index < -0.39 is 235 Å². The molecule has 48 nitrogen and oxygen atoms in total. The van der Waals surface area contributed by atoms with E-state index in [-0.39, 0.29) is 149 Å². The normalized spacial score (nSPS) is 23.1. The molecule has 0 bridgehead atoms. The van der Waals surface area contributed by atoms with E-state index in [1.807, 2.05) is 24.3 Å². The zero-order chi connectivity index (χ0) is 97.2. The highest BCUT2D eigenvalue weighted by molar-refractivity contribution is 5.90. The van der Waals surface area contributed by atoms with Gasteiger partial charge in [-0.1, -0.05) is 67.8 Å². The van der Waals surface area contributed by atoms with Gasteiger partial charge in [0.05, 0.1) is 86.8 Å². The fraction of sp³-hybridized carbons (Fsp3) is 0.647. The summed E-state index contributed by atoms with van der Waals surface area (Å²) in [6, 6.07) is 11.3. The second-order valence-electron chi connectivity index (χ2n) is 34.0. The van der Waals surface area contributed by atoms with Gasteiger partial charge in [0.25, 0.3) is 0 Å². The molecular weight excluding hydrogens is 1750 g/mol. The number of carbonyl (C=O) groups excluding carboxylic acids is 3. The Balaban J connectivity index is 1.07. The number of hydrogen-bond acceptors (Lipinski definition) is 35. The van der Waals surface area contributed by atoms with Crippen molar-refractivity contribution in [3.05, 3.63) is 95.3 Å². The summed E-state index contributed by atoms with van der Waals surface area (Å²) in [6.45, 7) is -1.03. The van der Waals surface area contributed by atoms with Crippen molar-refractivity contribution in [2.24, 2.45) is 16.5 Å². The number of nitrogens with two attached hydrogens (primary N) is 2. The number of aliphatic carboxylic acids is 7. The number of nitrogens with one attached hydrogen (secondary N) is 12. The number of anilines is 1. The van der Waals surface area contributed by atoms with Crippen LogP contribution in [0.1, 0.15) is 138 Å². The second kappa shape index (κ2) is 57.7. The van der Waals surface area contributed by atoms with E-state index in [1.165, 1.54) is 9.80 Å². The number of amides is 3. The highest BCUT2D eigenvalue weighted by Crippen LogP contribution is 2.31. The lowest BCUT2D eigenvalue weighted by atomic mass is 10.0. The van der Waals surface area contributed by atoms with E-state index in [0.717, 1.165) is 11.0 Å². The van der Waals surface area contributed by atoms with Crippen molar-refractivity contribution in [2.45, 2.75) is 233 Å². The average Bonchev–Trinajstić information content (AvgIpc) is 1.73. The van der Waals surface area contributed by atoms with Crippen molar-refractivity contribution >= 4 is 82.2 Å². The van der Waals surface area contributed by atoms with Gasteiger partial charge in [0.2, 0.25) is 17.7 Å². The van der Waals surface area contributed by atoms with Gasteiger partial charge < -0.3 is 119 Å². The number of carboxylic acid groups (broad SMARTS) is 7. The minimum atomic E-state index is -2.02. The smallest absolute Gasteiger partial charge is 0.317 e. The van der Waals surface area contributed by atoms with Crippen LogP contribution in [0.4, 0.5) is 5.69 Å². The standard InChI is InChI=1S/C85H138N22O26/c1-102(46-65-93-55-16-7-8-17-56(55)94-65)83(132)52-20-21-54-53(41-52)45-107(84(133)64(92-54)43-72(117)118)31-12-3-2-10-29-89-76(125)59(99-80(129)61(24-27-70(113)114)100-79(128)60(23-26-69(111)112)95-68(110)47-103-32-34-104(48-73(119)120)36-38-106(50-75(123)124)39-37-105(35-33-103)49-74(121)122)22-25-66(108)88-28-11-9-18-58-78(127)97-57(19-13-30-90-85(86)87)77(126)91-44-67(109)96-63(42-71(115)116)82(131)101-62(81(130)98-58)40-51-14-5-4-6-15-51/h4-8,14-17,20-21,41,57-64,66-67,77-79,81-84,88,91-92,96-98,100-101,108-109,126-128,130-133H,2-3,9-13,18-19,22-40,42-50H2,1H3,(H,89,125)(H,93,94)(H,95,110)(H,99,129)(H,111,112)(H,113,114)(H,115,116)(H,117,118)(H,119,120)(H,121,122)(H,123,124)(H4,86,87,90)/t57?,58?,59-,60-,61?,62+,63-,64-,66+,67+,77+,78+,79-,81+,82+,83-,84-/m0/s1. The fourth-order valence-corrected chi connectivity index (χ4v) is 16.1. The molecule has 3 aliphatic heterocycles. The lowest BCUT2D eigenvalue weighted by Gasteiger charge is -2.35. The zero-order valence-electron chi connectivity index (χ0n) is 74.9. The number of carboxylic acids is 7. The van der Waals surface area contributed by atoms with Crippen molar-refractivity contribution in [3.8, 4) is 0 Å². The van der Waals surface area contributed by atoms with Gasteiger partial charge in [-0.15, -0.1) is 0 Å². The lowest BCUT2D eigenvalue weighted by Crippen LogP contribution is -2.62. The van der Waals surface area contributed by atoms with Crippen LogP contribution in [0.15, 0.2) is 77.8 Å². The summed E-state index contributed by atoms with van der Waals surface area (Å²) < 4.78 is 0. The molecule has 1 aromatic heterocycles. The Hall–Kier alpha value is -9.98. The summed E-state index contributed by atoms with van der Waals surface area (Å²) in [4.78, 5) is 150. The van der Waals surface area contributed by atoms with E-state index in [2.05, 4.69) is 73.4 Å². The molecule has 48 heteroatoms. The average molecular weight is 1880 g/mol. The van der Waals surface area contributed by atoms with Crippen LogP contribution < -0.4 is 70.0 Å². The number of aromatic nitrogens is 2. The Morgan fingerprint density at radius 2 is 1.11 bits per heavy atom. The Labute approximate surface area is 769 Å². The first-order valence-corrected chi connectivity index (χ1v) is 44.9. The third kappa shape index (κ3) is 41.0. The van der Waals surface area contributed by atoms with Gasteiger partial charge in [-0.3, -0.25) is 120 Å². The number of rotatable bonds is 51. The van der Waals surface area contributed by atoms with Crippen LogP contribution in [0.3, 0.4) is 0 Å². The van der Waals surface area contributed by atoms with Crippen LogP contribution in [0.5, 0.6) is 0 Å². The van der Waals surface area contributed by atoms with Crippen LogP contribution in [0.2, 0.25) is 0 Å². The molecule has 744 valence electrons. The first-order valence-electron chi connectivity index (χ1n) is 44.9. The van der Waals surface area contributed by atoms with Crippen LogP contribution in [-0.2, 0) is 67.5 Å². The van der Waals surface area contributed by atoms with Gasteiger partial charge >= 0.3 is 41.8 Å². The highest BCUT2D eigenvalue weighted by Gasteiger charge is 2.38. The number of guanidine groups is 1. The maximum absolute atomic E-state index is 14.8. The number of hydrogen-bond donors (Lipinski definition) is 30. The summed E-state index contributed by atoms with van der Waals surface area (Å²) >= 11 is 0. The Morgan fingerprint density at radius 3 is 1.71 bits per heavy atom. The minimum absolute atomic E-state index is 0.00660. The summed E-state index contributed by atoms with van der Waals surface area (Å²) in [7, 11) is 1.74. The topological polar surface area (TPSA) is 739 Å². The molecule has 0 spiro atoms. The predicted molar refractivity (Wildman–Crippen MR) is 481 cm³/mol. The number of aliphatic hydroxyl groups is 9. The zero-order valence-corrected chi connectivity index (χ0v) is 74.9. The number of nitrogens with zero attached hydrogens (tertiary/aromatic N) is 8. The van der Waals surface area contributed by atoms with E-state index in [4.69, 9.17) is 11.5 Å². The van der Waals surface area contributed by atoms with Gasteiger partial charge in [0, 0.05) is 116 Å². The first-order chi connectivity index (χ1) is 63.3. The molecule has 3 unspecified atom stereocenters. The SMILES string of the molecule is CN(Cc1nc2ccccc2[nH]1)[C@@H](O)c1ccc2c(c1)CN(CCCCCCNC(=O)[C@H](CC[C@@H](O)NCCCCC1N[C@H](O)[C@@H](Cc3ccccc3)N[C@H](O)[C@H](CC(=O)O)N[C@H](O)CN[C@H](O)C(CCCN=C(N)N)N[C@@H]1O)NC(=O)C(CCC(=O)O)N[C@@H](O)[C@H](CCC(=O)O)NC(=O)CN1CCN(CC(=O)O)CCN(CC(=O)O)CCN(CC(=O)O)CC1)[C@@H](O)[C@H](CC(=O)O)N2. The van der Waals surface area contributed by atoms with E-state index in [1.54, 1.807) is 75.2 Å². The molecule has 4 aromatic rings. The van der Waals surface area contributed by atoms with Crippen LogP contribution >= 0.6 is 0 Å². The van der Waals surface area contributed by atoms with Gasteiger partial charge in [0.15, 0.2) is 5.96 Å². The molecule has 2 fully saturated rings. The maximum atomic E-state index is 14.8. The maximum Gasteiger partial charge on any atom is 0.317 e. The Morgan fingerprint density at radius 1 is 0.549 bits per heavy atom. The largest absolute Gasteiger partial charge is 0.481 e. The molecule has 0 radical (unpaired) electrons. The van der Waals surface area contributed by atoms with Crippen molar-refractivity contribution in [1.29, 1.82) is 0 Å². The number of carbonyl (C=O) groups is 10. The summed E-state index contributed by atoms with van der Waals surface area (Å²) in [5, 5.41) is 205. The molecular formula is C85H138N22O26. The van der Waals surface area contributed by atoms with Crippen LogP contribution in [-0.4, -0.2) is 403 Å². The predicted octanol–water partition coefficient (Wildman–Crippen LogP) is -6.14. The van der Waals surface area contributed by atoms with Crippen LogP contribution in [0, 0.1) is 0 Å². The third-order valence-corrected chi connectivity index (χ3v) is 23.3. The number of imidazole rings is 1. The quantitative estimate of drug-likeness (QED) is 0.00847. The van der Waals surface area contributed by atoms with E-state index >= 15 is 0 Å². The molecule has 17 atom stereocenters. The first kappa shape index (κ1) is 110. The van der Waals surface area contributed by atoms with Gasteiger partial charge in [-0.2, -0.15) is 0 Å². The highest BCUT2D eigenvalue weighted by atomic mass is 16.4. The minimum Gasteiger partial charge on any atom is -0.481 e. The molecule has 32 N–H and O–H groups in total. The Kier molecular flexibility index (Phi) is 47.7. The number of H-pyrrole nitrogens is 1. The number of β-amino-alcohol motifs (C(OH)–C–C–N with tert-alkyl or cyclic N) is 1. The number of aliphatic hydroxyl groups excluding tert-OH is 9. The number of unbranched alkanes of at least 4 members (excludes halogenated alkanes) is 4. The Bertz CT molecular complexity index is 4240. The van der Waals surface area contributed by atoms with Crippen molar-refractivity contribution in [3.63, 3.8) is 0 Å². The fourth-order valence-electron chi connectivity index (χ4n) is 16.1. The summed E-state index contributed by atoms with van der Waals surface area (Å²) in [5.74, 6) is -11.1. The molecule has 4 heterocycles. The number of aliphatic imine (C=N–C) groups is 1. The molecule has 3 amide bonds. The monoisotopic (exact) mass is 1880 g/mol. The molecule has 0 saturated carbocycles. The number of aromatic amines is 1. The van der Waals surface area contributed by atoms with Crippen LogP contribution in [0.25, 0.3) is 11.0 Å². The number of fused-ring (bicyclic) bond motifs is 2. The summed E-state index contributed by atoms with van der Waals surface area (Å²) in [5.41, 5.74) is 15.2. The molecule has 2 saturated heterocycles. The van der Waals surface area contributed by atoms with Crippen molar-refractivity contribution < 1.29 is 130 Å². The second-order valence-corrected chi connectivity index (χ2v) is 34.0. The molecule has 3 aromatic carbocycles. The van der Waals surface area contributed by atoms with Gasteiger partial charge in [0.1, 0.15) is 67.9 Å². The number of para-hydroxylation sites is 2. The third-order valence-electron chi connectivity index (χ3n) is 23.3.